The fourth-order valence-corrected chi connectivity index (χ4v) is 2.76. The van der Waals surface area contributed by atoms with Crippen molar-refractivity contribution in [3.05, 3.63) is 0 Å². The molecule has 0 heterocycles. The first-order chi connectivity index (χ1) is 10.1. The Kier molecular flexibility index (Phi) is 9.11. The van der Waals surface area contributed by atoms with Crippen molar-refractivity contribution in [2.24, 2.45) is 5.92 Å². The molecule has 0 aromatic heterocycles. The van der Waals surface area contributed by atoms with Crippen LogP contribution >= 0.6 is 0 Å². The maximum Gasteiger partial charge on any atom is 0.328 e. The van der Waals surface area contributed by atoms with Crippen molar-refractivity contribution in [3.63, 3.8) is 0 Å². The lowest BCUT2D eigenvalue weighted by Gasteiger charge is -2.16. The first kappa shape index (κ1) is 18.0. The van der Waals surface area contributed by atoms with Gasteiger partial charge in [-0.2, -0.15) is 0 Å². The number of hydrogen-bond donors (Lipinski definition) is 1. The Bertz CT molecular complexity index is 311. The minimum absolute atomic E-state index is 0.0107. The van der Waals surface area contributed by atoms with Crippen molar-refractivity contribution >= 4 is 11.9 Å². The van der Waals surface area contributed by atoms with Gasteiger partial charge < -0.3 is 10.1 Å². The van der Waals surface area contributed by atoms with E-state index in [4.69, 9.17) is 4.74 Å². The predicted octanol–water partition coefficient (Wildman–Crippen LogP) is 3.59. The second kappa shape index (κ2) is 10.6. The van der Waals surface area contributed by atoms with Crippen LogP contribution in [0.1, 0.15) is 78.1 Å². The normalized spacial score (nSPS) is 16.7. The van der Waals surface area contributed by atoms with Crippen LogP contribution in [0.2, 0.25) is 0 Å². The number of ether oxygens (including phenoxy) is 1. The zero-order valence-electron chi connectivity index (χ0n) is 13.7. The highest BCUT2D eigenvalue weighted by Crippen LogP contribution is 2.24. The molecule has 122 valence electrons. The van der Waals surface area contributed by atoms with E-state index in [1.165, 1.54) is 25.7 Å². The van der Waals surface area contributed by atoms with Gasteiger partial charge in [-0.15, -0.1) is 0 Å². The third-order valence-corrected chi connectivity index (χ3v) is 4.18. The first-order valence-electron chi connectivity index (χ1n) is 8.62. The molecule has 1 aliphatic carbocycles. The Hall–Kier alpha value is -1.06. The van der Waals surface area contributed by atoms with Gasteiger partial charge in [0, 0.05) is 5.92 Å². The van der Waals surface area contributed by atoms with Crippen LogP contribution in [0.4, 0.5) is 0 Å². The molecular weight excluding hydrogens is 266 g/mol. The molecule has 1 fully saturated rings. The lowest BCUT2D eigenvalue weighted by molar-refractivity contribution is -0.147. The number of hydrogen-bond acceptors (Lipinski definition) is 3. The monoisotopic (exact) mass is 297 g/mol. The summed E-state index contributed by atoms with van der Waals surface area (Å²) in [4.78, 5) is 23.7. The highest BCUT2D eigenvalue weighted by molar-refractivity contribution is 5.85. The Morgan fingerprint density at radius 2 is 1.71 bits per heavy atom. The molecule has 1 amide bonds. The second-order valence-electron chi connectivity index (χ2n) is 6.15. The fraction of sp³-hybridized carbons (Fsp3) is 0.882. The molecule has 4 heteroatoms. The van der Waals surface area contributed by atoms with E-state index in [2.05, 4.69) is 12.2 Å². The van der Waals surface area contributed by atoms with E-state index < -0.39 is 6.04 Å². The van der Waals surface area contributed by atoms with Gasteiger partial charge in [-0.1, -0.05) is 51.9 Å². The van der Waals surface area contributed by atoms with Gasteiger partial charge in [-0.25, -0.2) is 4.79 Å². The van der Waals surface area contributed by atoms with E-state index in [1.54, 1.807) is 6.92 Å². The molecule has 21 heavy (non-hydrogen) atoms. The van der Waals surface area contributed by atoms with Gasteiger partial charge >= 0.3 is 5.97 Å². The molecular formula is C17H31NO3. The van der Waals surface area contributed by atoms with Crippen LogP contribution in [-0.2, 0) is 14.3 Å². The van der Waals surface area contributed by atoms with Crippen LogP contribution in [0.25, 0.3) is 0 Å². The molecule has 4 nitrogen and oxygen atoms in total. The number of nitrogens with one attached hydrogen (secondary N) is 1. The largest absolute Gasteiger partial charge is 0.464 e. The van der Waals surface area contributed by atoms with Crippen LogP contribution in [0.3, 0.4) is 0 Å². The van der Waals surface area contributed by atoms with Gasteiger partial charge in [-0.05, 0) is 26.2 Å². The number of esters is 1. The Balaban J connectivity index is 2.06. The number of unbranched alkanes of at least 4 members (excludes halogenated alkanes) is 5. The van der Waals surface area contributed by atoms with Gasteiger partial charge in [-0.3, -0.25) is 4.79 Å². The topological polar surface area (TPSA) is 55.4 Å². The highest BCUT2D eigenvalue weighted by atomic mass is 16.5. The molecule has 0 saturated heterocycles. The van der Waals surface area contributed by atoms with Crippen LogP contribution in [-0.4, -0.2) is 24.5 Å². The summed E-state index contributed by atoms with van der Waals surface area (Å²) in [5.74, 6) is -0.203. The van der Waals surface area contributed by atoms with E-state index in [1.807, 2.05) is 0 Å². The quantitative estimate of drug-likeness (QED) is 0.495. The van der Waals surface area contributed by atoms with Crippen molar-refractivity contribution in [2.75, 3.05) is 6.61 Å². The Morgan fingerprint density at radius 3 is 2.38 bits per heavy atom. The molecule has 1 N–H and O–H groups in total. The molecule has 0 aliphatic heterocycles. The van der Waals surface area contributed by atoms with Crippen molar-refractivity contribution in [1.82, 2.24) is 5.32 Å². The molecule has 1 unspecified atom stereocenters. The summed E-state index contributed by atoms with van der Waals surface area (Å²) in [6, 6.07) is -0.529. The van der Waals surface area contributed by atoms with Crippen LogP contribution < -0.4 is 5.32 Å². The van der Waals surface area contributed by atoms with Crippen LogP contribution in [0.5, 0.6) is 0 Å². The number of carbonyl (C=O) groups is 2. The third kappa shape index (κ3) is 7.49. The molecule has 0 radical (unpaired) electrons. The summed E-state index contributed by atoms with van der Waals surface area (Å²) >= 11 is 0. The smallest absolute Gasteiger partial charge is 0.328 e. The standard InChI is InChI=1S/C17H31NO3/c1-3-4-5-6-7-10-13-21-17(20)14(2)18-16(19)15-11-8-9-12-15/h14-15H,3-13H2,1-2H3,(H,18,19). The van der Waals surface area contributed by atoms with Gasteiger partial charge in [0.15, 0.2) is 0 Å². The van der Waals surface area contributed by atoms with E-state index in [9.17, 15) is 9.59 Å². The molecule has 0 bridgehead atoms. The minimum atomic E-state index is -0.529. The van der Waals surface area contributed by atoms with E-state index in [0.717, 1.165) is 38.5 Å². The lowest BCUT2D eigenvalue weighted by atomic mass is 10.1. The average molecular weight is 297 g/mol. The number of amides is 1. The lowest BCUT2D eigenvalue weighted by Crippen LogP contribution is -2.42. The molecule has 0 spiro atoms. The maximum absolute atomic E-state index is 11.9. The van der Waals surface area contributed by atoms with Crippen molar-refractivity contribution in [3.8, 4) is 0 Å². The summed E-state index contributed by atoms with van der Waals surface area (Å²) in [5.41, 5.74) is 0. The molecule has 1 rings (SSSR count). The summed E-state index contributed by atoms with van der Waals surface area (Å²) in [5, 5.41) is 2.78. The summed E-state index contributed by atoms with van der Waals surface area (Å²) in [7, 11) is 0. The van der Waals surface area contributed by atoms with Gasteiger partial charge in [0.1, 0.15) is 6.04 Å². The molecule has 1 aliphatic rings. The zero-order valence-corrected chi connectivity index (χ0v) is 13.7. The molecule has 0 aromatic carbocycles. The first-order valence-corrected chi connectivity index (χ1v) is 8.62. The fourth-order valence-electron chi connectivity index (χ4n) is 2.76. The summed E-state index contributed by atoms with van der Waals surface area (Å²) in [6.45, 7) is 4.37. The maximum atomic E-state index is 11.9. The summed E-state index contributed by atoms with van der Waals surface area (Å²) in [6.07, 6.45) is 11.2. The van der Waals surface area contributed by atoms with E-state index in [0.29, 0.717) is 6.61 Å². The number of rotatable bonds is 10. The Labute approximate surface area is 129 Å². The van der Waals surface area contributed by atoms with Crippen molar-refractivity contribution in [1.29, 1.82) is 0 Å². The number of carbonyl (C=O) groups excluding carboxylic acids is 2. The van der Waals surface area contributed by atoms with Crippen molar-refractivity contribution < 1.29 is 14.3 Å². The van der Waals surface area contributed by atoms with Crippen LogP contribution in [0, 0.1) is 5.92 Å². The average Bonchev–Trinajstić information content (AvgIpc) is 3.00. The highest BCUT2D eigenvalue weighted by Gasteiger charge is 2.25. The third-order valence-electron chi connectivity index (χ3n) is 4.18. The Morgan fingerprint density at radius 1 is 1.10 bits per heavy atom. The molecule has 1 saturated carbocycles. The van der Waals surface area contributed by atoms with Gasteiger partial charge in [0.2, 0.25) is 5.91 Å². The summed E-state index contributed by atoms with van der Waals surface area (Å²) < 4.78 is 5.22. The molecule has 1 atom stereocenters. The predicted molar refractivity (Wildman–Crippen MR) is 83.9 cm³/mol. The van der Waals surface area contributed by atoms with Gasteiger partial charge in [0.05, 0.1) is 6.61 Å². The van der Waals surface area contributed by atoms with Crippen molar-refractivity contribution in [2.45, 2.75) is 84.1 Å². The van der Waals surface area contributed by atoms with Gasteiger partial charge in [0.25, 0.3) is 0 Å². The van der Waals surface area contributed by atoms with E-state index in [-0.39, 0.29) is 17.8 Å². The SMILES string of the molecule is CCCCCCCCOC(=O)C(C)NC(=O)C1CCCC1. The molecule has 0 aromatic rings. The zero-order chi connectivity index (χ0) is 15.5. The second-order valence-corrected chi connectivity index (χ2v) is 6.15. The minimum Gasteiger partial charge on any atom is -0.464 e. The van der Waals surface area contributed by atoms with Crippen LogP contribution in [0.15, 0.2) is 0 Å². The van der Waals surface area contributed by atoms with E-state index >= 15 is 0 Å².